The van der Waals surface area contributed by atoms with Crippen molar-refractivity contribution in [3.8, 4) is 0 Å². The second-order valence-electron chi connectivity index (χ2n) is 4.95. The van der Waals surface area contributed by atoms with E-state index in [-0.39, 0.29) is 6.10 Å². The average molecular weight is 276 g/mol. The Bertz CT molecular complexity index is 506. The number of benzene rings is 1. The standard InChI is InChI=1S/C13H16N4O3/c14-17-16-10-9-7-19-13(20-9)11(12(10)18)15-6-8-4-2-1-3-5-8/h1-5,9-13,15,18H,6-7H2. The van der Waals surface area contributed by atoms with Gasteiger partial charge in [-0.2, -0.15) is 0 Å². The summed E-state index contributed by atoms with van der Waals surface area (Å²) in [7, 11) is 0. The zero-order valence-corrected chi connectivity index (χ0v) is 10.8. The van der Waals surface area contributed by atoms with E-state index in [1.54, 1.807) is 0 Å². The van der Waals surface area contributed by atoms with E-state index < -0.39 is 24.5 Å². The molecule has 2 aliphatic rings. The maximum atomic E-state index is 10.3. The Morgan fingerprint density at radius 3 is 2.95 bits per heavy atom. The van der Waals surface area contributed by atoms with Gasteiger partial charge in [-0.3, -0.25) is 0 Å². The van der Waals surface area contributed by atoms with Gasteiger partial charge in [0.05, 0.1) is 30.9 Å². The highest BCUT2D eigenvalue weighted by Gasteiger charge is 2.49. The summed E-state index contributed by atoms with van der Waals surface area (Å²) >= 11 is 0. The van der Waals surface area contributed by atoms with Crippen LogP contribution < -0.4 is 5.32 Å². The first-order chi connectivity index (χ1) is 9.79. The van der Waals surface area contributed by atoms with Crippen LogP contribution in [0.3, 0.4) is 0 Å². The summed E-state index contributed by atoms with van der Waals surface area (Å²) < 4.78 is 11.1. The molecular weight excluding hydrogens is 260 g/mol. The number of rotatable bonds is 4. The molecule has 7 heteroatoms. The lowest BCUT2D eigenvalue weighted by Crippen LogP contribution is -2.58. The maximum absolute atomic E-state index is 10.3. The van der Waals surface area contributed by atoms with Crippen LogP contribution in [0.15, 0.2) is 35.4 Å². The highest BCUT2D eigenvalue weighted by atomic mass is 16.7. The fourth-order valence-corrected chi connectivity index (χ4v) is 2.65. The minimum Gasteiger partial charge on any atom is -0.391 e. The third kappa shape index (κ3) is 2.49. The number of ether oxygens (including phenoxy) is 2. The molecule has 0 amide bonds. The first-order valence-electron chi connectivity index (χ1n) is 6.56. The molecule has 0 spiro atoms. The smallest absolute Gasteiger partial charge is 0.175 e. The van der Waals surface area contributed by atoms with E-state index in [0.29, 0.717) is 13.2 Å². The first kappa shape index (κ1) is 13.4. The SMILES string of the molecule is [N-]=[N+]=NC1C2COC(O2)C(NCc2ccccc2)C1O. The molecule has 1 aromatic carbocycles. The number of aliphatic hydroxyl groups excluding tert-OH is 1. The fraction of sp³-hybridized carbons (Fsp3) is 0.538. The fourth-order valence-electron chi connectivity index (χ4n) is 2.65. The van der Waals surface area contributed by atoms with E-state index in [2.05, 4.69) is 15.3 Å². The van der Waals surface area contributed by atoms with E-state index in [9.17, 15) is 5.11 Å². The summed E-state index contributed by atoms with van der Waals surface area (Å²) in [6.07, 6.45) is -1.68. The van der Waals surface area contributed by atoms with Crippen molar-refractivity contribution in [1.29, 1.82) is 0 Å². The van der Waals surface area contributed by atoms with Crippen LogP contribution in [0.5, 0.6) is 0 Å². The van der Waals surface area contributed by atoms with Crippen LogP contribution in [-0.4, -0.2) is 42.3 Å². The van der Waals surface area contributed by atoms with E-state index >= 15 is 0 Å². The number of azide groups is 1. The van der Waals surface area contributed by atoms with Crippen molar-refractivity contribution >= 4 is 0 Å². The van der Waals surface area contributed by atoms with Gasteiger partial charge in [0.15, 0.2) is 6.29 Å². The van der Waals surface area contributed by atoms with Gasteiger partial charge >= 0.3 is 0 Å². The van der Waals surface area contributed by atoms with Crippen LogP contribution in [0.25, 0.3) is 10.4 Å². The Morgan fingerprint density at radius 1 is 1.40 bits per heavy atom. The predicted molar refractivity (Wildman–Crippen MR) is 70.6 cm³/mol. The molecular formula is C13H16N4O3. The molecule has 7 nitrogen and oxygen atoms in total. The van der Waals surface area contributed by atoms with Gasteiger partial charge in [-0.15, -0.1) is 0 Å². The molecule has 0 aromatic heterocycles. The van der Waals surface area contributed by atoms with Crippen molar-refractivity contribution < 1.29 is 14.6 Å². The number of hydrogen-bond donors (Lipinski definition) is 2. The second-order valence-corrected chi connectivity index (χ2v) is 4.95. The lowest BCUT2D eigenvalue weighted by Gasteiger charge is -2.36. The molecule has 2 heterocycles. The van der Waals surface area contributed by atoms with Crippen molar-refractivity contribution in [2.75, 3.05) is 6.61 Å². The van der Waals surface area contributed by atoms with Crippen molar-refractivity contribution in [2.24, 2.45) is 5.11 Å². The molecule has 1 aromatic rings. The molecule has 2 bridgehead atoms. The van der Waals surface area contributed by atoms with Crippen LogP contribution in [0, 0.1) is 0 Å². The molecule has 0 radical (unpaired) electrons. The van der Waals surface area contributed by atoms with Gasteiger partial charge in [0, 0.05) is 11.5 Å². The van der Waals surface area contributed by atoms with Crippen LogP contribution in [0.1, 0.15) is 5.56 Å². The zero-order chi connectivity index (χ0) is 13.9. The van der Waals surface area contributed by atoms with Gasteiger partial charge in [-0.05, 0) is 11.1 Å². The number of aliphatic hydroxyl groups is 1. The molecule has 2 aliphatic heterocycles. The maximum Gasteiger partial charge on any atom is 0.175 e. The van der Waals surface area contributed by atoms with Gasteiger partial charge in [0.2, 0.25) is 0 Å². The lowest BCUT2D eigenvalue weighted by atomic mass is 9.96. The largest absolute Gasteiger partial charge is 0.391 e. The molecule has 106 valence electrons. The van der Waals surface area contributed by atoms with Crippen LogP contribution >= 0.6 is 0 Å². The van der Waals surface area contributed by atoms with Crippen LogP contribution in [0.4, 0.5) is 0 Å². The molecule has 5 atom stereocenters. The summed E-state index contributed by atoms with van der Waals surface area (Å²) in [6, 6.07) is 8.81. The Kier molecular flexibility index (Phi) is 3.86. The molecule has 2 fully saturated rings. The molecule has 0 aliphatic carbocycles. The molecule has 2 N–H and O–H groups in total. The second kappa shape index (κ2) is 5.78. The number of hydrogen-bond acceptors (Lipinski definition) is 5. The van der Waals surface area contributed by atoms with Gasteiger partial charge in [0.1, 0.15) is 0 Å². The van der Waals surface area contributed by atoms with Crippen molar-refractivity contribution in [3.63, 3.8) is 0 Å². The summed E-state index contributed by atoms with van der Waals surface area (Å²) in [5, 5.41) is 17.2. The van der Waals surface area contributed by atoms with Crippen molar-refractivity contribution in [2.45, 2.75) is 37.1 Å². The topological polar surface area (TPSA) is 99.5 Å². The van der Waals surface area contributed by atoms with Crippen molar-refractivity contribution in [1.82, 2.24) is 5.32 Å². The highest BCUT2D eigenvalue weighted by molar-refractivity contribution is 5.14. The predicted octanol–water partition coefficient (Wildman–Crippen LogP) is 0.940. The van der Waals surface area contributed by atoms with Gasteiger partial charge in [-0.1, -0.05) is 35.4 Å². The Balaban J connectivity index is 1.70. The summed E-state index contributed by atoms with van der Waals surface area (Å²) in [5.41, 5.74) is 9.69. The first-order valence-corrected chi connectivity index (χ1v) is 6.56. The minimum absolute atomic E-state index is 0.342. The third-order valence-corrected chi connectivity index (χ3v) is 3.70. The molecule has 3 rings (SSSR count). The van der Waals surface area contributed by atoms with Gasteiger partial charge in [0.25, 0.3) is 0 Å². The molecule has 2 saturated heterocycles. The van der Waals surface area contributed by atoms with E-state index in [4.69, 9.17) is 15.0 Å². The van der Waals surface area contributed by atoms with Crippen LogP contribution in [-0.2, 0) is 16.0 Å². The Labute approximate surface area is 116 Å². The Hall–Kier alpha value is -1.63. The van der Waals surface area contributed by atoms with Gasteiger partial charge in [-0.25, -0.2) is 0 Å². The zero-order valence-electron chi connectivity index (χ0n) is 10.8. The summed E-state index contributed by atoms with van der Waals surface area (Å²) in [6.45, 7) is 0.925. The third-order valence-electron chi connectivity index (χ3n) is 3.70. The molecule has 5 unspecified atom stereocenters. The van der Waals surface area contributed by atoms with E-state index in [1.807, 2.05) is 30.3 Å². The van der Waals surface area contributed by atoms with Crippen molar-refractivity contribution in [3.05, 3.63) is 46.3 Å². The number of nitrogens with zero attached hydrogens (tertiary/aromatic N) is 3. The quantitative estimate of drug-likeness (QED) is 0.485. The van der Waals surface area contributed by atoms with Crippen LogP contribution in [0.2, 0.25) is 0 Å². The average Bonchev–Trinajstić information content (AvgIpc) is 2.90. The van der Waals surface area contributed by atoms with Gasteiger partial charge < -0.3 is 19.9 Å². The molecule has 0 saturated carbocycles. The van der Waals surface area contributed by atoms with E-state index in [0.717, 1.165) is 5.56 Å². The Morgan fingerprint density at radius 2 is 2.20 bits per heavy atom. The normalized spacial score (nSPS) is 35.5. The molecule has 20 heavy (non-hydrogen) atoms. The van der Waals surface area contributed by atoms with E-state index in [1.165, 1.54) is 0 Å². The number of nitrogens with one attached hydrogen (secondary N) is 1. The lowest BCUT2D eigenvalue weighted by molar-refractivity contribution is -0.147. The summed E-state index contributed by atoms with van der Waals surface area (Å²) in [5.74, 6) is 0. The highest BCUT2D eigenvalue weighted by Crippen LogP contribution is 2.30. The summed E-state index contributed by atoms with van der Waals surface area (Å²) in [4.78, 5) is 2.78. The minimum atomic E-state index is -0.819. The number of fused-ring (bicyclic) bond motifs is 2. The monoisotopic (exact) mass is 276 g/mol.